The van der Waals surface area contributed by atoms with Crippen molar-refractivity contribution in [2.75, 3.05) is 37.2 Å². The van der Waals surface area contributed by atoms with E-state index in [1.807, 2.05) is 0 Å². The number of hydrogen-bond acceptors (Lipinski definition) is 8. The number of nitrogens with one attached hydrogen (secondary N) is 2. The molecule has 2 fully saturated rings. The first-order chi connectivity index (χ1) is 19.3. The predicted octanol–water partition coefficient (Wildman–Crippen LogP) is 2.36. The van der Waals surface area contributed by atoms with Gasteiger partial charge < -0.3 is 26.0 Å². The number of nitrogen functional groups attached to an aromatic ring is 1. The molecule has 208 valence electrons. The van der Waals surface area contributed by atoms with E-state index >= 15 is 0 Å². The van der Waals surface area contributed by atoms with Gasteiger partial charge in [0.2, 0.25) is 5.91 Å². The molecule has 2 saturated heterocycles. The lowest BCUT2D eigenvalue weighted by Gasteiger charge is -2.17. The largest absolute Gasteiger partial charge is 0.434 e. The Labute approximate surface area is 231 Å². The summed E-state index contributed by atoms with van der Waals surface area (Å²) in [6, 6.07) is 5.70. The minimum absolute atomic E-state index is 0.0164. The van der Waals surface area contributed by atoms with Gasteiger partial charge in [-0.15, -0.1) is 5.10 Å². The van der Waals surface area contributed by atoms with E-state index in [4.69, 9.17) is 22.1 Å². The van der Waals surface area contributed by atoms with Crippen molar-refractivity contribution >= 4 is 40.6 Å². The van der Waals surface area contributed by atoms with Gasteiger partial charge in [-0.2, -0.15) is 13.9 Å². The molecule has 2 amide bonds. The van der Waals surface area contributed by atoms with Gasteiger partial charge >= 0.3 is 6.61 Å². The molecule has 4 N–H and O–H groups in total. The third-order valence-electron chi connectivity index (χ3n) is 7.11. The number of amides is 2. The molecule has 0 bridgehead atoms. The van der Waals surface area contributed by atoms with E-state index in [9.17, 15) is 18.4 Å². The lowest BCUT2D eigenvalue weighted by atomic mass is 10.0. The summed E-state index contributed by atoms with van der Waals surface area (Å²) < 4.78 is 33.8. The zero-order valence-corrected chi connectivity index (χ0v) is 21.7. The summed E-state index contributed by atoms with van der Waals surface area (Å²) in [5, 5.41) is 14.9. The number of ether oxygens (including phenoxy) is 1. The summed E-state index contributed by atoms with van der Waals surface area (Å²) in [6.45, 7) is -0.192. The summed E-state index contributed by atoms with van der Waals surface area (Å²) in [5.41, 5.74) is 6.54. The van der Waals surface area contributed by atoms with Gasteiger partial charge in [-0.05, 0) is 36.1 Å². The Bertz CT molecular complexity index is 1600. The maximum absolute atomic E-state index is 13.4. The molecule has 3 aromatic heterocycles. The van der Waals surface area contributed by atoms with Crippen molar-refractivity contribution in [1.29, 1.82) is 0 Å². The molecule has 2 aliphatic heterocycles. The van der Waals surface area contributed by atoms with Crippen LogP contribution in [0.5, 0.6) is 5.75 Å². The van der Waals surface area contributed by atoms with Gasteiger partial charge in [-0.25, -0.2) is 9.50 Å². The maximum atomic E-state index is 13.4. The highest BCUT2D eigenvalue weighted by Gasteiger charge is 2.38. The van der Waals surface area contributed by atoms with Crippen LogP contribution >= 0.6 is 11.6 Å². The molecule has 12 nitrogen and oxygen atoms in total. The molecule has 0 saturated carbocycles. The number of halogens is 3. The molecule has 2 aliphatic rings. The minimum atomic E-state index is -3.12. The van der Waals surface area contributed by atoms with Crippen LogP contribution in [-0.2, 0) is 11.3 Å². The SMILES string of the molecule is Nc1nn2cccnc2c1C(=O)Nc1cn(CC(=O)N2CC3CNCC3C2)nc1-c1cc(Cl)ccc1OC(F)F. The molecule has 5 heterocycles. The van der Waals surface area contributed by atoms with E-state index in [-0.39, 0.29) is 57.2 Å². The minimum Gasteiger partial charge on any atom is -0.434 e. The third-order valence-corrected chi connectivity index (χ3v) is 7.35. The van der Waals surface area contributed by atoms with Gasteiger partial charge in [0.05, 0.1) is 5.69 Å². The number of fused-ring (bicyclic) bond motifs is 2. The van der Waals surface area contributed by atoms with Crippen molar-refractivity contribution in [3.63, 3.8) is 0 Å². The summed E-state index contributed by atoms with van der Waals surface area (Å²) in [7, 11) is 0. The summed E-state index contributed by atoms with van der Waals surface area (Å²) >= 11 is 6.19. The fourth-order valence-corrected chi connectivity index (χ4v) is 5.45. The van der Waals surface area contributed by atoms with E-state index in [1.54, 1.807) is 17.2 Å². The predicted molar refractivity (Wildman–Crippen MR) is 141 cm³/mol. The van der Waals surface area contributed by atoms with Crippen molar-refractivity contribution in [2.24, 2.45) is 11.8 Å². The molecule has 0 radical (unpaired) electrons. The first-order valence-electron chi connectivity index (χ1n) is 12.5. The second kappa shape index (κ2) is 10.4. The van der Waals surface area contributed by atoms with E-state index in [0.717, 1.165) is 13.1 Å². The average Bonchev–Trinajstić information content (AvgIpc) is 3.66. The molecule has 40 heavy (non-hydrogen) atoms. The first-order valence-corrected chi connectivity index (χ1v) is 12.9. The van der Waals surface area contributed by atoms with Crippen molar-refractivity contribution in [3.8, 4) is 17.0 Å². The van der Waals surface area contributed by atoms with Crippen molar-refractivity contribution in [3.05, 3.63) is 53.4 Å². The van der Waals surface area contributed by atoms with Gasteiger partial charge in [0.1, 0.15) is 23.6 Å². The monoisotopic (exact) mass is 571 g/mol. The van der Waals surface area contributed by atoms with E-state index in [1.165, 1.54) is 39.8 Å². The molecular weight excluding hydrogens is 548 g/mol. The molecule has 4 aromatic rings. The number of nitrogens with two attached hydrogens (primary N) is 1. The number of hydrogen-bond donors (Lipinski definition) is 3. The van der Waals surface area contributed by atoms with Crippen LogP contribution in [0.1, 0.15) is 10.4 Å². The van der Waals surface area contributed by atoms with Crippen LogP contribution in [0.2, 0.25) is 5.02 Å². The second-order valence-electron chi connectivity index (χ2n) is 9.69. The lowest BCUT2D eigenvalue weighted by Crippen LogP contribution is -2.34. The van der Waals surface area contributed by atoms with E-state index in [2.05, 4.69) is 25.8 Å². The molecule has 0 aliphatic carbocycles. The normalized spacial score (nSPS) is 18.4. The Hall–Kier alpha value is -4.30. The number of alkyl halides is 2. The number of aromatic nitrogens is 5. The number of anilines is 2. The molecule has 1 aromatic carbocycles. The van der Waals surface area contributed by atoms with Crippen LogP contribution in [0.25, 0.3) is 16.9 Å². The van der Waals surface area contributed by atoms with Crippen LogP contribution in [-0.4, -0.2) is 73.9 Å². The van der Waals surface area contributed by atoms with Crippen molar-refractivity contribution in [2.45, 2.75) is 13.2 Å². The second-order valence-corrected chi connectivity index (χ2v) is 10.1. The van der Waals surface area contributed by atoms with E-state index in [0.29, 0.717) is 24.9 Å². The van der Waals surface area contributed by atoms with Crippen LogP contribution in [0.3, 0.4) is 0 Å². The summed E-state index contributed by atoms with van der Waals surface area (Å²) in [5.74, 6) is -0.235. The Morgan fingerprint density at radius 2 is 2.00 bits per heavy atom. The van der Waals surface area contributed by atoms with Gasteiger partial charge in [0, 0.05) is 55.4 Å². The zero-order chi connectivity index (χ0) is 28.0. The summed E-state index contributed by atoms with van der Waals surface area (Å²) in [4.78, 5) is 32.5. The zero-order valence-electron chi connectivity index (χ0n) is 20.9. The molecule has 15 heteroatoms. The quantitative estimate of drug-likeness (QED) is 0.307. The van der Waals surface area contributed by atoms with Crippen LogP contribution < -0.4 is 21.1 Å². The first kappa shape index (κ1) is 26.0. The van der Waals surface area contributed by atoms with Gasteiger partial charge in [-0.1, -0.05) is 11.6 Å². The van der Waals surface area contributed by atoms with Gasteiger partial charge in [0.25, 0.3) is 5.91 Å². The summed E-state index contributed by atoms with van der Waals surface area (Å²) in [6.07, 6.45) is 4.53. The number of carbonyl (C=O) groups excluding carboxylic acids is 2. The highest BCUT2D eigenvalue weighted by Crippen LogP contribution is 2.37. The molecule has 2 unspecified atom stereocenters. The molecular formula is C25H24ClF2N9O3. The van der Waals surface area contributed by atoms with Crippen LogP contribution in [0.4, 0.5) is 20.3 Å². The Kier molecular flexibility index (Phi) is 6.72. The van der Waals surface area contributed by atoms with E-state index < -0.39 is 12.5 Å². The maximum Gasteiger partial charge on any atom is 0.387 e. The van der Waals surface area contributed by atoms with Crippen LogP contribution in [0.15, 0.2) is 42.9 Å². The molecule has 6 rings (SSSR count). The Morgan fingerprint density at radius 1 is 1.23 bits per heavy atom. The number of rotatable bonds is 7. The van der Waals surface area contributed by atoms with Gasteiger partial charge in [-0.3, -0.25) is 14.3 Å². The molecule has 2 atom stereocenters. The number of carbonyl (C=O) groups is 2. The number of benzene rings is 1. The van der Waals surface area contributed by atoms with Crippen molar-refractivity contribution < 1.29 is 23.1 Å². The topological polar surface area (TPSA) is 145 Å². The standard InChI is InChI=1S/C25H24ClF2N9O3/c26-15-2-3-18(40-25(27)28)16(6-15)21-17(32-24(39)20-22(29)34-37-5-1-4-31-23(20)37)11-36(33-21)12-19(38)35-9-13-7-30-8-14(13)10-35/h1-6,11,13-14,25,30H,7-10,12H2,(H2,29,34)(H,32,39). The molecule has 0 spiro atoms. The van der Waals surface area contributed by atoms with Crippen molar-refractivity contribution in [1.82, 2.24) is 34.6 Å². The lowest BCUT2D eigenvalue weighted by molar-refractivity contribution is -0.131. The smallest absolute Gasteiger partial charge is 0.387 e. The highest BCUT2D eigenvalue weighted by atomic mass is 35.5. The van der Waals surface area contributed by atoms with Gasteiger partial charge in [0.15, 0.2) is 11.5 Å². The highest BCUT2D eigenvalue weighted by molar-refractivity contribution is 6.31. The Balaban J connectivity index is 1.35. The Morgan fingerprint density at radius 3 is 2.75 bits per heavy atom. The number of likely N-dealkylation sites (tertiary alicyclic amines) is 1. The fraction of sp³-hybridized carbons (Fsp3) is 0.320. The van der Waals surface area contributed by atoms with Crippen LogP contribution in [0, 0.1) is 11.8 Å². The number of nitrogens with zero attached hydrogens (tertiary/aromatic N) is 6. The third kappa shape index (κ3) is 4.91. The average molecular weight is 572 g/mol. The fourth-order valence-electron chi connectivity index (χ4n) is 5.28.